The molecule has 0 aliphatic carbocycles. The number of benzene rings is 2. The maximum absolute atomic E-state index is 12.3. The van der Waals surface area contributed by atoms with Gasteiger partial charge in [0.15, 0.2) is 0 Å². The number of carbonyl (C=O) groups excluding carboxylic acids is 2. The van der Waals surface area contributed by atoms with Gasteiger partial charge in [-0.05, 0) is 60.7 Å². The molecule has 0 radical (unpaired) electrons. The van der Waals surface area contributed by atoms with Crippen LogP contribution < -0.4 is 15.4 Å². The Morgan fingerprint density at radius 3 is 2.00 bits per heavy atom. The molecule has 0 aliphatic rings. The number of pyridine rings is 1. The SMILES string of the molecule is COc1ccc(NC(=O)c2ccc(NC(=O)c3ccccn3)cc2)cc1. The highest BCUT2D eigenvalue weighted by Gasteiger charge is 2.09. The molecule has 0 fully saturated rings. The molecular weight excluding hydrogens is 330 g/mol. The zero-order valence-electron chi connectivity index (χ0n) is 14.1. The van der Waals surface area contributed by atoms with E-state index in [0.717, 1.165) is 5.75 Å². The first-order valence-electron chi connectivity index (χ1n) is 7.93. The van der Waals surface area contributed by atoms with Gasteiger partial charge in [-0.1, -0.05) is 6.07 Å². The average Bonchev–Trinajstić information content (AvgIpc) is 2.69. The second-order valence-electron chi connectivity index (χ2n) is 5.43. The lowest BCUT2D eigenvalue weighted by Crippen LogP contribution is -2.14. The first kappa shape index (κ1) is 17.2. The number of anilines is 2. The second kappa shape index (κ2) is 7.94. The number of amides is 2. The zero-order valence-corrected chi connectivity index (χ0v) is 14.1. The van der Waals surface area contributed by atoms with Crippen molar-refractivity contribution in [1.82, 2.24) is 4.98 Å². The molecule has 1 aromatic heterocycles. The molecule has 2 N–H and O–H groups in total. The van der Waals surface area contributed by atoms with Crippen LogP contribution in [0.15, 0.2) is 72.9 Å². The number of aromatic nitrogens is 1. The summed E-state index contributed by atoms with van der Waals surface area (Å²) in [5.74, 6) is 0.176. The third-order valence-corrected chi connectivity index (χ3v) is 3.65. The highest BCUT2D eigenvalue weighted by molar-refractivity contribution is 6.05. The van der Waals surface area contributed by atoms with Gasteiger partial charge in [-0.15, -0.1) is 0 Å². The average molecular weight is 347 g/mol. The van der Waals surface area contributed by atoms with Gasteiger partial charge in [0.2, 0.25) is 0 Å². The predicted molar refractivity (Wildman–Crippen MR) is 99.6 cm³/mol. The van der Waals surface area contributed by atoms with Crippen LogP contribution in [0.3, 0.4) is 0 Å². The molecule has 0 bridgehead atoms. The van der Waals surface area contributed by atoms with Crippen molar-refractivity contribution in [2.45, 2.75) is 0 Å². The van der Waals surface area contributed by atoms with Crippen LogP contribution in [0, 0.1) is 0 Å². The van der Waals surface area contributed by atoms with E-state index in [-0.39, 0.29) is 11.8 Å². The number of ether oxygens (including phenoxy) is 1. The van der Waals surface area contributed by atoms with Crippen molar-refractivity contribution in [1.29, 1.82) is 0 Å². The van der Waals surface area contributed by atoms with E-state index < -0.39 is 0 Å². The molecule has 0 saturated carbocycles. The van der Waals surface area contributed by atoms with E-state index in [0.29, 0.717) is 22.6 Å². The Morgan fingerprint density at radius 2 is 1.42 bits per heavy atom. The topological polar surface area (TPSA) is 80.3 Å². The fourth-order valence-electron chi connectivity index (χ4n) is 2.27. The van der Waals surface area contributed by atoms with Gasteiger partial charge < -0.3 is 15.4 Å². The normalized spacial score (nSPS) is 10.0. The number of nitrogens with one attached hydrogen (secondary N) is 2. The van der Waals surface area contributed by atoms with Crippen LogP contribution >= 0.6 is 0 Å². The molecule has 130 valence electrons. The van der Waals surface area contributed by atoms with Crippen LogP contribution in [0.2, 0.25) is 0 Å². The lowest BCUT2D eigenvalue weighted by molar-refractivity contribution is 0.101. The van der Waals surface area contributed by atoms with Crippen molar-refractivity contribution < 1.29 is 14.3 Å². The van der Waals surface area contributed by atoms with Gasteiger partial charge in [0.05, 0.1) is 7.11 Å². The van der Waals surface area contributed by atoms with Crippen LogP contribution in [0.1, 0.15) is 20.8 Å². The Balaban J connectivity index is 1.63. The fraction of sp³-hybridized carbons (Fsp3) is 0.0500. The summed E-state index contributed by atoms with van der Waals surface area (Å²) in [6, 6.07) is 18.8. The number of hydrogen-bond donors (Lipinski definition) is 2. The standard InChI is InChI=1S/C20H17N3O3/c1-26-17-11-9-16(10-12-17)22-19(24)14-5-7-15(8-6-14)23-20(25)18-4-2-3-13-21-18/h2-13H,1H3,(H,22,24)(H,23,25). The first-order valence-corrected chi connectivity index (χ1v) is 7.93. The quantitative estimate of drug-likeness (QED) is 0.739. The van der Waals surface area contributed by atoms with Gasteiger partial charge in [0.25, 0.3) is 11.8 Å². The van der Waals surface area contributed by atoms with E-state index in [9.17, 15) is 9.59 Å². The highest BCUT2D eigenvalue weighted by atomic mass is 16.5. The summed E-state index contributed by atoms with van der Waals surface area (Å²) >= 11 is 0. The fourth-order valence-corrected chi connectivity index (χ4v) is 2.27. The largest absolute Gasteiger partial charge is 0.497 e. The van der Waals surface area contributed by atoms with Crippen molar-refractivity contribution in [2.24, 2.45) is 0 Å². The Morgan fingerprint density at radius 1 is 0.808 bits per heavy atom. The van der Waals surface area contributed by atoms with Crippen molar-refractivity contribution in [3.05, 3.63) is 84.2 Å². The molecule has 2 amide bonds. The Bertz CT molecular complexity index is 892. The summed E-state index contributed by atoms with van der Waals surface area (Å²) in [6.07, 6.45) is 1.56. The zero-order chi connectivity index (χ0) is 18.4. The minimum atomic E-state index is -0.305. The van der Waals surface area contributed by atoms with Gasteiger partial charge in [-0.25, -0.2) is 0 Å². The molecule has 1 heterocycles. The Labute approximate surface area is 150 Å². The van der Waals surface area contributed by atoms with E-state index in [1.807, 2.05) is 0 Å². The van der Waals surface area contributed by atoms with Gasteiger partial charge in [-0.2, -0.15) is 0 Å². The van der Waals surface area contributed by atoms with E-state index >= 15 is 0 Å². The highest BCUT2D eigenvalue weighted by Crippen LogP contribution is 2.17. The molecular formula is C20H17N3O3. The number of rotatable bonds is 5. The molecule has 6 heteroatoms. The number of hydrogen-bond acceptors (Lipinski definition) is 4. The molecule has 0 aliphatic heterocycles. The van der Waals surface area contributed by atoms with Gasteiger partial charge in [0.1, 0.15) is 11.4 Å². The van der Waals surface area contributed by atoms with Crippen molar-refractivity contribution in [2.75, 3.05) is 17.7 Å². The summed E-state index contributed by atoms with van der Waals surface area (Å²) in [6.45, 7) is 0. The molecule has 0 unspecified atom stereocenters. The first-order chi connectivity index (χ1) is 12.7. The van der Waals surface area contributed by atoms with E-state index in [4.69, 9.17) is 4.74 Å². The predicted octanol–water partition coefficient (Wildman–Crippen LogP) is 3.59. The van der Waals surface area contributed by atoms with E-state index in [1.54, 1.807) is 80.0 Å². The second-order valence-corrected chi connectivity index (χ2v) is 5.43. The summed E-state index contributed by atoms with van der Waals surface area (Å²) in [5, 5.41) is 5.54. The Kier molecular flexibility index (Phi) is 5.24. The van der Waals surface area contributed by atoms with Gasteiger partial charge >= 0.3 is 0 Å². The number of nitrogens with zero attached hydrogens (tertiary/aromatic N) is 1. The molecule has 2 aromatic carbocycles. The van der Waals surface area contributed by atoms with Gasteiger partial charge in [0, 0.05) is 23.1 Å². The van der Waals surface area contributed by atoms with Crippen LogP contribution in [0.4, 0.5) is 11.4 Å². The van der Waals surface area contributed by atoms with Crippen LogP contribution in [0.5, 0.6) is 5.75 Å². The number of methoxy groups -OCH3 is 1. The molecule has 0 atom stereocenters. The molecule has 0 saturated heterocycles. The van der Waals surface area contributed by atoms with Crippen molar-refractivity contribution in [3.8, 4) is 5.75 Å². The Hall–Kier alpha value is -3.67. The summed E-state index contributed by atoms with van der Waals surface area (Å²) in [7, 11) is 1.59. The number of carbonyl (C=O) groups is 2. The van der Waals surface area contributed by atoms with Crippen molar-refractivity contribution >= 4 is 23.2 Å². The maximum atomic E-state index is 12.3. The minimum absolute atomic E-state index is 0.238. The smallest absolute Gasteiger partial charge is 0.274 e. The van der Waals surface area contributed by atoms with Crippen LogP contribution in [0.25, 0.3) is 0 Å². The lowest BCUT2D eigenvalue weighted by Gasteiger charge is -2.08. The van der Waals surface area contributed by atoms with E-state index in [1.165, 1.54) is 0 Å². The van der Waals surface area contributed by atoms with Gasteiger partial charge in [-0.3, -0.25) is 14.6 Å². The molecule has 26 heavy (non-hydrogen) atoms. The monoisotopic (exact) mass is 347 g/mol. The van der Waals surface area contributed by atoms with Crippen molar-refractivity contribution in [3.63, 3.8) is 0 Å². The third kappa shape index (κ3) is 4.24. The lowest BCUT2D eigenvalue weighted by atomic mass is 10.2. The summed E-state index contributed by atoms with van der Waals surface area (Å²) < 4.78 is 5.08. The van der Waals surface area contributed by atoms with E-state index in [2.05, 4.69) is 15.6 Å². The molecule has 0 spiro atoms. The van der Waals surface area contributed by atoms with Crippen LogP contribution in [-0.2, 0) is 0 Å². The minimum Gasteiger partial charge on any atom is -0.497 e. The molecule has 6 nitrogen and oxygen atoms in total. The van der Waals surface area contributed by atoms with Crippen LogP contribution in [-0.4, -0.2) is 23.9 Å². The third-order valence-electron chi connectivity index (χ3n) is 3.65. The summed E-state index contributed by atoms with van der Waals surface area (Å²) in [4.78, 5) is 28.3. The molecule has 3 aromatic rings. The summed E-state index contributed by atoms with van der Waals surface area (Å²) in [5.41, 5.74) is 2.07. The maximum Gasteiger partial charge on any atom is 0.274 e. The molecule has 3 rings (SSSR count).